The van der Waals surface area contributed by atoms with Crippen molar-refractivity contribution in [2.24, 2.45) is 0 Å². The lowest BCUT2D eigenvalue weighted by atomic mass is 10.4. The molecule has 60 valence electrons. The predicted octanol–water partition coefficient (Wildman–Crippen LogP) is 2.28. The SMILES string of the molecule is CC(=O)c1nc(C(F)F)cs1. The van der Waals surface area contributed by atoms with Gasteiger partial charge in [-0.05, 0) is 0 Å². The second-order valence-electron chi connectivity index (χ2n) is 1.93. The number of nitrogens with zero attached hydrogens (tertiary/aromatic N) is 1. The van der Waals surface area contributed by atoms with E-state index in [9.17, 15) is 13.6 Å². The zero-order valence-corrected chi connectivity index (χ0v) is 6.49. The molecule has 0 aliphatic carbocycles. The van der Waals surface area contributed by atoms with Crippen LogP contribution < -0.4 is 0 Å². The van der Waals surface area contributed by atoms with Gasteiger partial charge in [0.25, 0.3) is 6.43 Å². The molecule has 0 bridgehead atoms. The third-order valence-electron chi connectivity index (χ3n) is 1.05. The number of hydrogen-bond acceptors (Lipinski definition) is 3. The van der Waals surface area contributed by atoms with Crippen molar-refractivity contribution in [1.82, 2.24) is 4.98 Å². The molecule has 5 heteroatoms. The Kier molecular flexibility index (Phi) is 2.28. The number of rotatable bonds is 2. The molecule has 0 unspecified atom stereocenters. The first-order chi connectivity index (χ1) is 5.11. The van der Waals surface area contributed by atoms with Crippen molar-refractivity contribution in [1.29, 1.82) is 0 Å². The number of carbonyl (C=O) groups is 1. The summed E-state index contributed by atoms with van der Waals surface area (Å²) in [6, 6.07) is 0. The van der Waals surface area contributed by atoms with Gasteiger partial charge in [0.1, 0.15) is 5.69 Å². The lowest BCUT2D eigenvalue weighted by molar-refractivity contribution is 0.101. The first kappa shape index (κ1) is 8.26. The highest BCUT2D eigenvalue weighted by Gasteiger charge is 2.13. The summed E-state index contributed by atoms with van der Waals surface area (Å²) in [5.41, 5.74) is -0.319. The monoisotopic (exact) mass is 177 g/mol. The zero-order chi connectivity index (χ0) is 8.43. The van der Waals surface area contributed by atoms with E-state index in [1.165, 1.54) is 12.3 Å². The van der Waals surface area contributed by atoms with Gasteiger partial charge in [-0.15, -0.1) is 11.3 Å². The molecule has 0 fully saturated rings. The highest BCUT2D eigenvalue weighted by atomic mass is 32.1. The first-order valence-electron chi connectivity index (χ1n) is 2.85. The maximum absolute atomic E-state index is 11.9. The molecule has 0 aliphatic heterocycles. The highest BCUT2D eigenvalue weighted by Crippen LogP contribution is 2.20. The average Bonchev–Trinajstić information content (AvgIpc) is 2.33. The lowest BCUT2D eigenvalue weighted by Gasteiger charge is -1.88. The molecule has 0 aliphatic rings. The van der Waals surface area contributed by atoms with Crippen molar-refractivity contribution in [3.8, 4) is 0 Å². The molecule has 11 heavy (non-hydrogen) atoms. The molecule has 1 aromatic rings. The molecule has 0 atom stereocenters. The van der Waals surface area contributed by atoms with Gasteiger partial charge in [-0.2, -0.15) is 0 Å². The van der Waals surface area contributed by atoms with Crippen molar-refractivity contribution in [3.05, 3.63) is 16.1 Å². The van der Waals surface area contributed by atoms with Crippen LogP contribution in [-0.2, 0) is 0 Å². The molecule has 0 aromatic carbocycles. The minimum absolute atomic E-state index is 0.139. The van der Waals surface area contributed by atoms with E-state index in [4.69, 9.17) is 0 Å². The van der Waals surface area contributed by atoms with Crippen LogP contribution in [-0.4, -0.2) is 10.8 Å². The Labute approximate surface area is 65.9 Å². The molecule has 0 N–H and O–H groups in total. The van der Waals surface area contributed by atoms with Gasteiger partial charge in [-0.25, -0.2) is 13.8 Å². The van der Waals surface area contributed by atoms with Crippen molar-refractivity contribution in [3.63, 3.8) is 0 Å². The maximum Gasteiger partial charge on any atom is 0.281 e. The van der Waals surface area contributed by atoms with Crippen LogP contribution in [0.4, 0.5) is 8.78 Å². The van der Waals surface area contributed by atoms with Gasteiger partial charge in [0.15, 0.2) is 10.8 Å². The molecular formula is C6H5F2NOS. The number of aromatic nitrogens is 1. The summed E-state index contributed by atoms with van der Waals surface area (Å²) in [5.74, 6) is -0.276. The standard InChI is InChI=1S/C6H5F2NOS/c1-3(10)6-9-4(2-11-6)5(7)8/h2,5H,1H3. The fourth-order valence-electron chi connectivity index (χ4n) is 0.548. The quantitative estimate of drug-likeness (QED) is 0.648. The summed E-state index contributed by atoms with van der Waals surface area (Å²) in [6.07, 6.45) is -2.58. The summed E-state index contributed by atoms with van der Waals surface area (Å²) in [7, 11) is 0. The Morgan fingerprint density at radius 1 is 1.73 bits per heavy atom. The molecule has 0 amide bonds. The second kappa shape index (κ2) is 3.04. The fourth-order valence-corrected chi connectivity index (χ4v) is 1.26. The zero-order valence-electron chi connectivity index (χ0n) is 5.67. The highest BCUT2D eigenvalue weighted by molar-refractivity contribution is 7.11. The molecular weight excluding hydrogens is 172 g/mol. The number of ketones is 1. The van der Waals surface area contributed by atoms with Crippen LogP contribution in [0.15, 0.2) is 5.38 Å². The van der Waals surface area contributed by atoms with Gasteiger partial charge in [0.2, 0.25) is 0 Å². The van der Waals surface area contributed by atoms with Crippen LogP contribution in [0.5, 0.6) is 0 Å². The Morgan fingerprint density at radius 3 is 2.64 bits per heavy atom. The molecule has 0 spiro atoms. The number of halogens is 2. The largest absolute Gasteiger partial charge is 0.292 e. The lowest BCUT2D eigenvalue weighted by Crippen LogP contribution is -1.91. The molecule has 1 aromatic heterocycles. The van der Waals surface area contributed by atoms with E-state index in [0.717, 1.165) is 11.3 Å². The van der Waals surface area contributed by atoms with E-state index in [-0.39, 0.29) is 16.5 Å². The normalized spacial score (nSPS) is 10.5. The molecule has 0 saturated carbocycles. The third kappa shape index (κ3) is 1.80. The smallest absolute Gasteiger partial charge is 0.281 e. The summed E-state index contributed by atoms with van der Waals surface area (Å²) < 4.78 is 23.8. The number of Topliss-reactive ketones (excluding diaryl/α,β-unsaturated/α-hetero) is 1. The van der Waals surface area contributed by atoms with Crippen molar-refractivity contribution in [2.75, 3.05) is 0 Å². The number of thiazole rings is 1. The van der Waals surface area contributed by atoms with Gasteiger partial charge < -0.3 is 0 Å². The Bertz CT molecular complexity index is 271. The van der Waals surface area contributed by atoms with Crippen LogP contribution in [0.1, 0.15) is 28.8 Å². The topological polar surface area (TPSA) is 30.0 Å². The van der Waals surface area contributed by atoms with Crippen LogP contribution in [0.3, 0.4) is 0 Å². The summed E-state index contributed by atoms with van der Waals surface area (Å²) in [4.78, 5) is 14.0. The van der Waals surface area contributed by atoms with Gasteiger partial charge in [0, 0.05) is 12.3 Å². The Balaban J connectivity index is 2.90. The van der Waals surface area contributed by atoms with Crippen molar-refractivity contribution < 1.29 is 13.6 Å². The molecule has 2 nitrogen and oxygen atoms in total. The number of carbonyl (C=O) groups excluding carboxylic acids is 1. The maximum atomic E-state index is 11.9. The Morgan fingerprint density at radius 2 is 2.36 bits per heavy atom. The number of hydrogen-bond donors (Lipinski definition) is 0. The summed E-state index contributed by atoms with van der Waals surface area (Å²) in [6.45, 7) is 1.30. The molecule has 0 radical (unpaired) electrons. The third-order valence-corrected chi connectivity index (χ3v) is 2.01. The van der Waals surface area contributed by atoms with Crippen LogP contribution in [0.25, 0.3) is 0 Å². The fraction of sp³-hybridized carbons (Fsp3) is 0.333. The average molecular weight is 177 g/mol. The van der Waals surface area contributed by atoms with Gasteiger partial charge in [-0.1, -0.05) is 0 Å². The van der Waals surface area contributed by atoms with E-state index in [1.807, 2.05) is 0 Å². The van der Waals surface area contributed by atoms with Gasteiger partial charge in [0.05, 0.1) is 0 Å². The number of alkyl halides is 2. The predicted molar refractivity (Wildman–Crippen MR) is 37.1 cm³/mol. The Hall–Kier alpha value is -0.840. The van der Waals surface area contributed by atoms with Crippen molar-refractivity contribution in [2.45, 2.75) is 13.3 Å². The van der Waals surface area contributed by atoms with E-state index in [0.29, 0.717) is 0 Å². The minimum Gasteiger partial charge on any atom is -0.292 e. The van der Waals surface area contributed by atoms with Crippen LogP contribution in [0.2, 0.25) is 0 Å². The van der Waals surface area contributed by atoms with E-state index >= 15 is 0 Å². The molecule has 1 rings (SSSR count). The second-order valence-corrected chi connectivity index (χ2v) is 2.79. The minimum atomic E-state index is -2.58. The van der Waals surface area contributed by atoms with Crippen molar-refractivity contribution >= 4 is 17.1 Å². The van der Waals surface area contributed by atoms with Crippen LogP contribution >= 0.6 is 11.3 Å². The van der Waals surface area contributed by atoms with E-state index < -0.39 is 6.43 Å². The molecule has 1 heterocycles. The van der Waals surface area contributed by atoms with E-state index in [1.54, 1.807) is 0 Å². The summed E-state index contributed by atoms with van der Waals surface area (Å²) >= 11 is 0.945. The van der Waals surface area contributed by atoms with Gasteiger partial charge in [-0.3, -0.25) is 4.79 Å². The van der Waals surface area contributed by atoms with E-state index in [2.05, 4.69) is 4.98 Å². The summed E-state index contributed by atoms with van der Waals surface area (Å²) in [5, 5.41) is 1.34. The first-order valence-corrected chi connectivity index (χ1v) is 3.73. The van der Waals surface area contributed by atoms with Crippen LogP contribution in [0, 0.1) is 0 Å². The molecule has 0 saturated heterocycles. The van der Waals surface area contributed by atoms with Gasteiger partial charge >= 0.3 is 0 Å².